The molecule has 4 heteroatoms. The van der Waals surface area contributed by atoms with Crippen molar-refractivity contribution < 1.29 is 4.79 Å². The number of carbonyl (C=O) groups excluding carboxylic acids is 1. The molecule has 4 nitrogen and oxygen atoms in total. The molecule has 0 saturated carbocycles. The molecule has 0 aromatic heterocycles. The van der Waals surface area contributed by atoms with Crippen molar-refractivity contribution in [3.8, 4) is 0 Å². The van der Waals surface area contributed by atoms with Gasteiger partial charge in [0, 0.05) is 32.6 Å². The molecule has 1 aliphatic rings. The molecular weight excluding hydrogens is 178 g/mol. The standard InChI is InChI=1S/C10H21N3O/c1-2-9(8-11)7-10(14)13-5-3-12-4-6-13/h9,12H,2-8,11H2,1H3. The first-order valence-corrected chi connectivity index (χ1v) is 5.46. The monoisotopic (exact) mass is 199 g/mol. The van der Waals surface area contributed by atoms with Gasteiger partial charge in [-0.25, -0.2) is 0 Å². The number of hydrogen-bond acceptors (Lipinski definition) is 3. The largest absolute Gasteiger partial charge is 0.340 e. The number of piperazine rings is 1. The maximum atomic E-state index is 11.8. The van der Waals surface area contributed by atoms with E-state index in [4.69, 9.17) is 5.73 Å². The molecule has 1 heterocycles. The van der Waals surface area contributed by atoms with Crippen molar-refractivity contribution in [2.24, 2.45) is 11.7 Å². The second-order valence-electron chi connectivity index (χ2n) is 3.84. The minimum atomic E-state index is 0.267. The minimum Gasteiger partial charge on any atom is -0.340 e. The third kappa shape index (κ3) is 3.27. The van der Waals surface area contributed by atoms with E-state index >= 15 is 0 Å². The SMILES string of the molecule is CCC(CN)CC(=O)N1CCNCC1. The maximum absolute atomic E-state index is 11.8. The summed E-state index contributed by atoms with van der Waals surface area (Å²) in [5.74, 6) is 0.626. The summed E-state index contributed by atoms with van der Waals surface area (Å²) in [7, 11) is 0. The van der Waals surface area contributed by atoms with E-state index in [0.717, 1.165) is 32.6 Å². The van der Waals surface area contributed by atoms with Crippen molar-refractivity contribution in [1.29, 1.82) is 0 Å². The van der Waals surface area contributed by atoms with Crippen LogP contribution in [0, 0.1) is 5.92 Å². The molecule has 1 fully saturated rings. The number of carbonyl (C=O) groups is 1. The Kier molecular flexibility index (Phi) is 4.90. The van der Waals surface area contributed by atoms with Crippen LogP contribution in [0.1, 0.15) is 19.8 Å². The summed E-state index contributed by atoms with van der Waals surface area (Å²) in [6.07, 6.45) is 1.61. The molecular formula is C10H21N3O. The Hall–Kier alpha value is -0.610. The van der Waals surface area contributed by atoms with Gasteiger partial charge >= 0.3 is 0 Å². The van der Waals surface area contributed by atoms with E-state index in [-0.39, 0.29) is 5.91 Å². The average Bonchev–Trinajstić information content (AvgIpc) is 2.26. The van der Waals surface area contributed by atoms with Crippen molar-refractivity contribution in [1.82, 2.24) is 10.2 Å². The molecule has 82 valence electrons. The number of nitrogens with one attached hydrogen (secondary N) is 1. The first-order chi connectivity index (χ1) is 6.77. The summed E-state index contributed by atoms with van der Waals surface area (Å²) in [6.45, 7) is 6.24. The summed E-state index contributed by atoms with van der Waals surface area (Å²) < 4.78 is 0. The second kappa shape index (κ2) is 5.98. The Morgan fingerprint density at radius 1 is 1.50 bits per heavy atom. The quantitative estimate of drug-likeness (QED) is 0.659. The van der Waals surface area contributed by atoms with Crippen LogP contribution in [0.4, 0.5) is 0 Å². The highest BCUT2D eigenvalue weighted by Gasteiger charge is 2.18. The molecule has 14 heavy (non-hydrogen) atoms. The van der Waals surface area contributed by atoms with E-state index < -0.39 is 0 Å². The highest BCUT2D eigenvalue weighted by molar-refractivity contribution is 5.76. The smallest absolute Gasteiger partial charge is 0.222 e. The molecule has 1 unspecified atom stereocenters. The van der Waals surface area contributed by atoms with Gasteiger partial charge in [-0.1, -0.05) is 13.3 Å². The Balaban J connectivity index is 2.32. The zero-order valence-electron chi connectivity index (χ0n) is 8.96. The molecule has 0 aromatic carbocycles. The van der Waals surface area contributed by atoms with Crippen LogP contribution in [-0.4, -0.2) is 43.5 Å². The van der Waals surface area contributed by atoms with Gasteiger partial charge in [-0.2, -0.15) is 0 Å². The fraction of sp³-hybridized carbons (Fsp3) is 0.900. The predicted molar refractivity (Wildman–Crippen MR) is 56.9 cm³/mol. The lowest BCUT2D eigenvalue weighted by atomic mass is 10.0. The summed E-state index contributed by atoms with van der Waals surface area (Å²) in [4.78, 5) is 13.7. The lowest BCUT2D eigenvalue weighted by Gasteiger charge is -2.28. The van der Waals surface area contributed by atoms with Gasteiger partial charge in [0.2, 0.25) is 5.91 Å². The van der Waals surface area contributed by atoms with E-state index in [9.17, 15) is 4.79 Å². The zero-order chi connectivity index (χ0) is 10.4. The molecule has 0 spiro atoms. The molecule has 0 aliphatic carbocycles. The van der Waals surface area contributed by atoms with Gasteiger partial charge in [-0.3, -0.25) is 4.79 Å². The average molecular weight is 199 g/mol. The number of amides is 1. The topological polar surface area (TPSA) is 58.4 Å². The van der Waals surface area contributed by atoms with E-state index in [1.165, 1.54) is 0 Å². The normalized spacial score (nSPS) is 19.4. The summed E-state index contributed by atoms with van der Waals surface area (Å²) in [5, 5.41) is 3.23. The van der Waals surface area contributed by atoms with Gasteiger partial charge in [-0.05, 0) is 12.5 Å². The van der Waals surface area contributed by atoms with Crippen molar-refractivity contribution in [3.63, 3.8) is 0 Å². The summed E-state index contributed by atoms with van der Waals surface area (Å²) in [5.41, 5.74) is 5.58. The number of hydrogen-bond donors (Lipinski definition) is 2. The van der Waals surface area contributed by atoms with Crippen molar-refractivity contribution in [2.45, 2.75) is 19.8 Å². The second-order valence-corrected chi connectivity index (χ2v) is 3.84. The fourth-order valence-corrected chi connectivity index (χ4v) is 1.68. The summed E-state index contributed by atoms with van der Waals surface area (Å²) in [6, 6.07) is 0. The molecule has 1 saturated heterocycles. The molecule has 0 bridgehead atoms. The first kappa shape index (κ1) is 11.5. The predicted octanol–water partition coefficient (Wildman–Crippen LogP) is -0.207. The van der Waals surface area contributed by atoms with Gasteiger partial charge in [0.05, 0.1) is 0 Å². The lowest BCUT2D eigenvalue weighted by Crippen LogP contribution is -2.47. The highest BCUT2D eigenvalue weighted by Crippen LogP contribution is 2.09. The van der Waals surface area contributed by atoms with Crippen molar-refractivity contribution in [2.75, 3.05) is 32.7 Å². The highest BCUT2D eigenvalue weighted by atomic mass is 16.2. The lowest BCUT2D eigenvalue weighted by molar-refractivity contribution is -0.132. The first-order valence-electron chi connectivity index (χ1n) is 5.46. The van der Waals surface area contributed by atoms with Gasteiger partial charge in [-0.15, -0.1) is 0 Å². The Morgan fingerprint density at radius 2 is 2.14 bits per heavy atom. The Morgan fingerprint density at radius 3 is 2.64 bits per heavy atom. The Labute approximate surface area is 85.8 Å². The van der Waals surface area contributed by atoms with Crippen LogP contribution >= 0.6 is 0 Å². The van der Waals surface area contributed by atoms with Crippen molar-refractivity contribution >= 4 is 5.91 Å². The zero-order valence-corrected chi connectivity index (χ0v) is 8.96. The van der Waals surface area contributed by atoms with Gasteiger partial charge < -0.3 is 16.0 Å². The van der Waals surface area contributed by atoms with E-state index in [1.807, 2.05) is 4.90 Å². The molecule has 1 amide bonds. The van der Waals surface area contributed by atoms with Crippen LogP contribution in [-0.2, 0) is 4.79 Å². The summed E-state index contributed by atoms with van der Waals surface area (Å²) >= 11 is 0. The molecule has 1 rings (SSSR count). The number of nitrogens with zero attached hydrogens (tertiary/aromatic N) is 1. The van der Waals surface area contributed by atoms with Gasteiger partial charge in [0.25, 0.3) is 0 Å². The van der Waals surface area contributed by atoms with Gasteiger partial charge in [0.15, 0.2) is 0 Å². The molecule has 1 atom stereocenters. The molecule has 0 aromatic rings. The third-order valence-electron chi connectivity index (χ3n) is 2.84. The van der Waals surface area contributed by atoms with E-state index in [2.05, 4.69) is 12.2 Å². The number of rotatable bonds is 4. The molecule has 3 N–H and O–H groups in total. The third-order valence-corrected chi connectivity index (χ3v) is 2.84. The van der Waals surface area contributed by atoms with Crippen LogP contribution < -0.4 is 11.1 Å². The van der Waals surface area contributed by atoms with Crippen LogP contribution in [0.25, 0.3) is 0 Å². The van der Waals surface area contributed by atoms with Crippen LogP contribution in [0.15, 0.2) is 0 Å². The fourth-order valence-electron chi connectivity index (χ4n) is 1.68. The number of nitrogens with two attached hydrogens (primary N) is 1. The minimum absolute atomic E-state index is 0.267. The van der Waals surface area contributed by atoms with Crippen LogP contribution in [0.2, 0.25) is 0 Å². The molecule has 0 radical (unpaired) electrons. The Bertz CT molecular complexity index is 174. The van der Waals surface area contributed by atoms with E-state index in [1.54, 1.807) is 0 Å². The molecule has 1 aliphatic heterocycles. The van der Waals surface area contributed by atoms with Crippen molar-refractivity contribution in [3.05, 3.63) is 0 Å². The maximum Gasteiger partial charge on any atom is 0.222 e. The van der Waals surface area contributed by atoms with E-state index in [0.29, 0.717) is 18.9 Å². The van der Waals surface area contributed by atoms with Crippen LogP contribution in [0.3, 0.4) is 0 Å². The van der Waals surface area contributed by atoms with Gasteiger partial charge in [0.1, 0.15) is 0 Å². The van der Waals surface area contributed by atoms with Crippen LogP contribution in [0.5, 0.6) is 0 Å².